The van der Waals surface area contributed by atoms with Crippen LogP contribution in [0.15, 0.2) is 36.4 Å². The number of nitrogens with zero attached hydrogens (tertiary/aromatic N) is 2. The van der Waals surface area contributed by atoms with E-state index in [0.29, 0.717) is 23.9 Å². The van der Waals surface area contributed by atoms with Crippen molar-refractivity contribution in [2.75, 3.05) is 12.3 Å². The summed E-state index contributed by atoms with van der Waals surface area (Å²) in [6.07, 6.45) is 0. The molecule has 0 radical (unpaired) electrons. The fraction of sp³-hybridized carbons (Fsp3) is 0.143. The smallest absolute Gasteiger partial charge is 0.220 e. The van der Waals surface area contributed by atoms with E-state index in [2.05, 4.69) is 4.98 Å². The van der Waals surface area contributed by atoms with Gasteiger partial charge in [0.25, 0.3) is 0 Å². The number of hydrogen-bond donors (Lipinski definition) is 1. The number of pyridine rings is 1. The third kappa shape index (κ3) is 3.13. The van der Waals surface area contributed by atoms with Crippen LogP contribution in [-0.4, -0.2) is 11.6 Å². The van der Waals surface area contributed by atoms with Gasteiger partial charge in [0.1, 0.15) is 17.6 Å². The van der Waals surface area contributed by atoms with E-state index in [1.54, 1.807) is 24.3 Å². The summed E-state index contributed by atoms with van der Waals surface area (Å²) in [6, 6.07) is 12.3. The lowest BCUT2D eigenvalue weighted by molar-refractivity contribution is 0.338. The maximum atomic E-state index is 8.85. The van der Waals surface area contributed by atoms with E-state index >= 15 is 0 Å². The molecule has 0 spiro atoms. The lowest BCUT2D eigenvalue weighted by atomic mass is 10.3. The number of anilines is 1. The summed E-state index contributed by atoms with van der Waals surface area (Å²) in [7, 11) is 0. The number of nitrogen functional groups attached to an aromatic ring is 1. The van der Waals surface area contributed by atoms with Crippen LogP contribution in [0.3, 0.4) is 0 Å². The third-order valence-corrected chi connectivity index (χ3v) is 2.35. The topological polar surface area (TPSA) is 81.2 Å². The first-order valence-corrected chi connectivity index (χ1v) is 5.80. The molecule has 0 atom stereocenters. The zero-order chi connectivity index (χ0) is 13.7. The summed E-state index contributed by atoms with van der Waals surface area (Å²) < 4.78 is 10.9. The zero-order valence-corrected chi connectivity index (χ0v) is 10.5. The molecule has 0 aliphatic rings. The Morgan fingerprint density at radius 2 is 2.05 bits per heavy atom. The van der Waals surface area contributed by atoms with Crippen LogP contribution in [0.2, 0.25) is 0 Å². The van der Waals surface area contributed by atoms with Crippen LogP contribution in [0.5, 0.6) is 17.4 Å². The molecule has 1 heterocycles. The highest BCUT2D eigenvalue weighted by molar-refractivity contribution is 5.51. The van der Waals surface area contributed by atoms with Crippen molar-refractivity contribution in [1.29, 1.82) is 5.26 Å². The Morgan fingerprint density at radius 3 is 2.79 bits per heavy atom. The third-order valence-electron chi connectivity index (χ3n) is 2.35. The molecule has 5 heteroatoms. The summed E-state index contributed by atoms with van der Waals surface area (Å²) in [6.45, 7) is 2.50. The Hall–Kier alpha value is -2.74. The van der Waals surface area contributed by atoms with Crippen molar-refractivity contribution < 1.29 is 9.47 Å². The summed E-state index contributed by atoms with van der Waals surface area (Å²) in [5, 5.41) is 8.85. The predicted molar refractivity (Wildman–Crippen MR) is 71.0 cm³/mol. The second-order valence-electron chi connectivity index (χ2n) is 3.71. The fourth-order valence-electron chi connectivity index (χ4n) is 1.51. The van der Waals surface area contributed by atoms with Gasteiger partial charge in [0, 0.05) is 12.1 Å². The van der Waals surface area contributed by atoms with Crippen LogP contribution in [0.4, 0.5) is 5.69 Å². The van der Waals surface area contributed by atoms with Crippen molar-refractivity contribution >= 4 is 5.69 Å². The van der Waals surface area contributed by atoms with E-state index in [-0.39, 0.29) is 5.69 Å². The van der Waals surface area contributed by atoms with Gasteiger partial charge in [-0.2, -0.15) is 5.26 Å². The van der Waals surface area contributed by atoms with Gasteiger partial charge in [-0.05, 0) is 25.1 Å². The minimum Gasteiger partial charge on any atom is -0.494 e. The zero-order valence-electron chi connectivity index (χ0n) is 10.5. The van der Waals surface area contributed by atoms with Crippen LogP contribution in [-0.2, 0) is 0 Å². The van der Waals surface area contributed by atoms with Crippen molar-refractivity contribution in [3.8, 4) is 23.4 Å². The number of nitrogens with two attached hydrogens (primary N) is 1. The SMILES string of the molecule is CCOc1cccc(Oc2ccc(N)c(C#N)n2)c1. The average Bonchev–Trinajstić information content (AvgIpc) is 2.42. The van der Waals surface area contributed by atoms with E-state index in [1.165, 1.54) is 0 Å². The number of aromatic nitrogens is 1. The molecule has 2 rings (SSSR count). The standard InChI is InChI=1S/C14H13N3O2/c1-2-18-10-4-3-5-11(8-10)19-14-7-6-12(16)13(9-15)17-14/h3-8H,2,16H2,1H3. The number of nitriles is 1. The minimum atomic E-state index is 0.151. The minimum absolute atomic E-state index is 0.151. The van der Waals surface area contributed by atoms with Gasteiger partial charge in [-0.1, -0.05) is 6.07 Å². The molecule has 2 N–H and O–H groups in total. The van der Waals surface area contributed by atoms with E-state index in [9.17, 15) is 0 Å². The van der Waals surface area contributed by atoms with Crippen molar-refractivity contribution in [1.82, 2.24) is 4.98 Å². The second-order valence-corrected chi connectivity index (χ2v) is 3.71. The van der Waals surface area contributed by atoms with Crippen LogP contribution in [0, 0.1) is 11.3 Å². The maximum absolute atomic E-state index is 8.85. The molecule has 5 nitrogen and oxygen atoms in total. The molecule has 96 valence electrons. The van der Waals surface area contributed by atoms with Gasteiger partial charge >= 0.3 is 0 Å². The lowest BCUT2D eigenvalue weighted by Crippen LogP contribution is -1.96. The van der Waals surface area contributed by atoms with Gasteiger partial charge in [0.2, 0.25) is 5.88 Å². The van der Waals surface area contributed by atoms with E-state index in [1.807, 2.05) is 25.1 Å². The Bertz CT molecular complexity index is 620. The van der Waals surface area contributed by atoms with Gasteiger partial charge in [-0.15, -0.1) is 0 Å². The first-order valence-electron chi connectivity index (χ1n) is 5.80. The van der Waals surface area contributed by atoms with Crippen molar-refractivity contribution in [2.45, 2.75) is 6.92 Å². The normalized spacial score (nSPS) is 9.68. The molecule has 0 aliphatic carbocycles. The Balaban J connectivity index is 2.21. The molecule has 0 bridgehead atoms. The van der Waals surface area contributed by atoms with Crippen molar-refractivity contribution in [3.05, 3.63) is 42.1 Å². The van der Waals surface area contributed by atoms with Crippen LogP contribution >= 0.6 is 0 Å². The second kappa shape index (κ2) is 5.74. The van der Waals surface area contributed by atoms with Crippen LogP contribution in [0.1, 0.15) is 12.6 Å². The summed E-state index contributed by atoms with van der Waals surface area (Å²) in [4.78, 5) is 4.01. The molecule has 0 saturated heterocycles. The van der Waals surface area contributed by atoms with Gasteiger partial charge in [-0.3, -0.25) is 0 Å². The first-order chi connectivity index (χ1) is 9.22. The van der Waals surface area contributed by atoms with E-state index in [0.717, 1.165) is 5.75 Å². The molecule has 0 aliphatic heterocycles. The number of rotatable bonds is 4. The predicted octanol–water partition coefficient (Wildman–Crippen LogP) is 2.73. The Kier molecular flexibility index (Phi) is 3.84. The molecular weight excluding hydrogens is 242 g/mol. The number of hydrogen-bond acceptors (Lipinski definition) is 5. The largest absolute Gasteiger partial charge is 0.494 e. The maximum Gasteiger partial charge on any atom is 0.220 e. The van der Waals surface area contributed by atoms with Gasteiger partial charge in [0.05, 0.1) is 12.3 Å². The van der Waals surface area contributed by atoms with E-state index in [4.69, 9.17) is 20.5 Å². The Morgan fingerprint density at radius 1 is 1.26 bits per heavy atom. The molecule has 1 aromatic carbocycles. The molecule has 0 fully saturated rings. The highest BCUT2D eigenvalue weighted by Crippen LogP contribution is 2.25. The lowest BCUT2D eigenvalue weighted by Gasteiger charge is -2.08. The highest BCUT2D eigenvalue weighted by atomic mass is 16.5. The number of ether oxygens (including phenoxy) is 2. The van der Waals surface area contributed by atoms with Crippen LogP contribution < -0.4 is 15.2 Å². The molecule has 0 saturated carbocycles. The highest BCUT2D eigenvalue weighted by Gasteiger charge is 2.05. The molecule has 19 heavy (non-hydrogen) atoms. The molecule has 2 aromatic rings. The van der Waals surface area contributed by atoms with Gasteiger partial charge in [-0.25, -0.2) is 4.98 Å². The molecular formula is C14H13N3O2. The van der Waals surface area contributed by atoms with E-state index < -0.39 is 0 Å². The molecule has 0 amide bonds. The quantitative estimate of drug-likeness (QED) is 0.908. The summed E-state index contributed by atoms with van der Waals surface area (Å²) >= 11 is 0. The average molecular weight is 255 g/mol. The molecule has 1 aromatic heterocycles. The van der Waals surface area contributed by atoms with Gasteiger partial charge < -0.3 is 15.2 Å². The Labute approximate surface area is 111 Å². The van der Waals surface area contributed by atoms with Crippen LogP contribution in [0.25, 0.3) is 0 Å². The summed E-state index contributed by atoms with van der Waals surface area (Å²) in [5.74, 6) is 1.63. The summed E-state index contributed by atoms with van der Waals surface area (Å²) in [5.41, 5.74) is 6.08. The molecule has 0 unspecified atom stereocenters. The van der Waals surface area contributed by atoms with Crippen molar-refractivity contribution in [2.24, 2.45) is 0 Å². The number of benzene rings is 1. The monoisotopic (exact) mass is 255 g/mol. The first kappa shape index (κ1) is 12.7. The van der Waals surface area contributed by atoms with Crippen molar-refractivity contribution in [3.63, 3.8) is 0 Å². The fourth-order valence-corrected chi connectivity index (χ4v) is 1.51. The van der Waals surface area contributed by atoms with Gasteiger partial charge in [0.15, 0.2) is 5.69 Å².